The Kier molecular flexibility index (Phi) is 5.70. The van der Waals surface area contributed by atoms with Gasteiger partial charge in [-0.05, 0) is 29.3 Å². The number of aliphatic carboxylic acids is 1. The van der Waals surface area contributed by atoms with Crippen LogP contribution in [0.5, 0.6) is 5.75 Å². The smallest absolute Gasteiger partial charge is 0.266 e. The minimum Gasteiger partial charge on any atom is -0.546 e. The van der Waals surface area contributed by atoms with Crippen LogP contribution in [0.3, 0.4) is 0 Å². The second-order valence-electron chi connectivity index (χ2n) is 5.49. The molecule has 0 aliphatic carbocycles. The van der Waals surface area contributed by atoms with Crippen LogP contribution in [0, 0.1) is 0 Å². The van der Waals surface area contributed by atoms with Gasteiger partial charge in [0.05, 0.1) is 17.4 Å². The quantitative estimate of drug-likeness (QED) is 0.562. The fourth-order valence-corrected chi connectivity index (χ4v) is 3.65. The summed E-state index contributed by atoms with van der Waals surface area (Å²) in [6, 6.07) is 16.5. The van der Waals surface area contributed by atoms with Crippen LogP contribution < -0.4 is 9.84 Å². The number of carboxylic acids is 1. The van der Waals surface area contributed by atoms with E-state index >= 15 is 0 Å². The third-order valence-corrected chi connectivity index (χ3v) is 4.95. The van der Waals surface area contributed by atoms with Crippen LogP contribution in [-0.2, 0) is 16.1 Å². The number of carbonyl (C=O) groups excluding carboxylic acids is 2. The fourth-order valence-electron chi connectivity index (χ4n) is 2.39. The van der Waals surface area contributed by atoms with Crippen LogP contribution in [0.2, 0.25) is 0 Å². The maximum atomic E-state index is 12.7. The summed E-state index contributed by atoms with van der Waals surface area (Å²) >= 11 is 6.58. The zero-order valence-electron chi connectivity index (χ0n) is 13.6. The van der Waals surface area contributed by atoms with Gasteiger partial charge < -0.3 is 14.6 Å². The van der Waals surface area contributed by atoms with Gasteiger partial charge >= 0.3 is 0 Å². The number of ether oxygens (including phenoxy) is 1. The van der Waals surface area contributed by atoms with Crippen molar-refractivity contribution < 1.29 is 19.4 Å². The summed E-state index contributed by atoms with van der Waals surface area (Å²) < 4.78 is 5.61. The van der Waals surface area contributed by atoms with Crippen LogP contribution in [0.15, 0.2) is 59.5 Å². The van der Waals surface area contributed by atoms with Crippen LogP contribution >= 0.6 is 24.0 Å². The predicted octanol–water partition coefficient (Wildman–Crippen LogP) is 2.22. The second-order valence-corrected chi connectivity index (χ2v) is 7.16. The molecule has 0 saturated carbocycles. The molecule has 0 atom stereocenters. The van der Waals surface area contributed by atoms with Crippen molar-refractivity contribution >= 4 is 46.3 Å². The van der Waals surface area contributed by atoms with Gasteiger partial charge in [-0.25, -0.2) is 0 Å². The molecule has 3 rings (SSSR count). The van der Waals surface area contributed by atoms with Crippen LogP contribution in [0.25, 0.3) is 6.08 Å². The number of hydrogen-bond acceptors (Lipinski definition) is 6. The third-order valence-electron chi connectivity index (χ3n) is 3.57. The summed E-state index contributed by atoms with van der Waals surface area (Å²) in [5.41, 5.74) is 1.73. The molecule has 132 valence electrons. The molecule has 0 unspecified atom stereocenters. The molecule has 0 bridgehead atoms. The minimum atomic E-state index is -1.29. The molecule has 0 aromatic heterocycles. The van der Waals surface area contributed by atoms with Gasteiger partial charge in [0.15, 0.2) is 0 Å². The first-order valence-electron chi connectivity index (χ1n) is 7.75. The van der Waals surface area contributed by atoms with Crippen LogP contribution in [0.1, 0.15) is 11.1 Å². The van der Waals surface area contributed by atoms with Crippen LogP contribution in [0.4, 0.5) is 0 Å². The van der Waals surface area contributed by atoms with E-state index in [0.717, 1.165) is 11.1 Å². The number of thiocarbonyl (C=S) groups is 1. The predicted molar refractivity (Wildman–Crippen MR) is 102 cm³/mol. The molecular formula is C19H14NO4S2-. The first kappa shape index (κ1) is 18.2. The average molecular weight is 384 g/mol. The highest BCUT2D eigenvalue weighted by Crippen LogP contribution is 2.34. The third kappa shape index (κ3) is 4.50. The molecule has 7 heteroatoms. The molecule has 0 N–H and O–H groups in total. The van der Waals surface area contributed by atoms with Crippen molar-refractivity contribution in [2.75, 3.05) is 6.61 Å². The Hall–Kier alpha value is -2.64. The Morgan fingerprint density at radius 1 is 1.19 bits per heavy atom. The molecular weight excluding hydrogens is 370 g/mol. The van der Waals surface area contributed by atoms with Crippen molar-refractivity contribution in [2.45, 2.75) is 6.54 Å². The lowest BCUT2D eigenvalue weighted by atomic mass is 10.2. The molecule has 0 radical (unpaired) electrons. The molecule has 2 aromatic carbocycles. The molecule has 5 nitrogen and oxygen atoms in total. The highest BCUT2D eigenvalue weighted by molar-refractivity contribution is 8.26. The van der Waals surface area contributed by atoms with Gasteiger partial charge in [0.25, 0.3) is 5.91 Å². The highest BCUT2D eigenvalue weighted by atomic mass is 32.2. The molecule has 2 aromatic rings. The van der Waals surface area contributed by atoms with Crippen molar-refractivity contribution in [3.63, 3.8) is 0 Å². The van der Waals surface area contributed by atoms with Crippen molar-refractivity contribution in [2.24, 2.45) is 0 Å². The lowest BCUT2D eigenvalue weighted by Crippen LogP contribution is -2.28. The van der Waals surface area contributed by atoms with E-state index in [1.165, 1.54) is 11.8 Å². The first-order chi connectivity index (χ1) is 12.5. The molecule has 1 heterocycles. The van der Waals surface area contributed by atoms with E-state index in [-0.39, 0.29) is 5.91 Å². The Labute approximate surface area is 160 Å². The number of nitrogens with zero attached hydrogens (tertiary/aromatic N) is 1. The van der Waals surface area contributed by atoms with E-state index in [1.54, 1.807) is 35.2 Å². The van der Waals surface area contributed by atoms with Crippen LogP contribution in [-0.4, -0.2) is 27.7 Å². The molecule has 1 fully saturated rings. The number of carbonyl (C=O) groups is 2. The summed E-state index contributed by atoms with van der Waals surface area (Å²) in [7, 11) is 0. The number of amides is 1. The van der Waals surface area contributed by atoms with Gasteiger partial charge in [-0.1, -0.05) is 66.4 Å². The van der Waals surface area contributed by atoms with Gasteiger partial charge in [0.2, 0.25) is 0 Å². The maximum Gasteiger partial charge on any atom is 0.266 e. The largest absolute Gasteiger partial charge is 0.546 e. The van der Waals surface area contributed by atoms with Gasteiger partial charge in [-0.15, -0.1) is 0 Å². The van der Waals surface area contributed by atoms with Gasteiger partial charge in [0, 0.05) is 0 Å². The van der Waals surface area contributed by atoms with Crippen molar-refractivity contribution in [1.29, 1.82) is 0 Å². The summed E-state index contributed by atoms with van der Waals surface area (Å²) in [5, 5.41) is 10.5. The normalized spacial score (nSPS) is 15.5. The number of hydrogen-bond donors (Lipinski definition) is 0. The Morgan fingerprint density at radius 3 is 2.69 bits per heavy atom. The Balaban J connectivity index is 1.75. The summed E-state index contributed by atoms with van der Waals surface area (Å²) in [4.78, 5) is 25.2. The van der Waals surface area contributed by atoms with Gasteiger partial charge in [0.1, 0.15) is 16.7 Å². The highest BCUT2D eigenvalue weighted by Gasteiger charge is 2.31. The fraction of sp³-hybridized carbons (Fsp3) is 0.105. The minimum absolute atomic E-state index is 0.148. The molecule has 1 saturated heterocycles. The van der Waals surface area contributed by atoms with Crippen molar-refractivity contribution in [3.05, 3.63) is 70.6 Å². The second kappa shape index (κ2) is 8.16. The van der Waals surface area contributed by atoms with E-state index in [1.807, 2.05) is 30.3 Å². The van der Waals surface area contributed by atoms with E-state index in [2.05, 4.69) is 0 Å². The summed E-state index contributed by atoms with van der Waals surface area (Å²) in [6.07, 6.45) is 1.72. The van der Waals surface area contributed by atoms with E-state index < -0.39 is 12.6 Å². The first-order valence-corrected chi connectivity index (χ1v) is 8.97. The Morgan fingerprint density at radius 2 is 1.96 bits per heavy atom. The van der Waals surface area contributed by atoms with Crippen molar-refractivity contribution in [3.8, 4) is 5.75 Å². The molecule has 26 heavy (non-hydrogen) atoms. The molecule has 1 aliphatic rings. The molecule has 0 spiro atoms. The molecule has 1 amide bonds. The lowest BCUT2D eigenvalue weighted by molar-refractivity contribution is -0.307. The zero-order chi connectivity index (χ0) is 18.5. The summed E-state index contributed by atoms with van der Waals surface area (Å²) in [6.45, 7) is -0.0970. The zero-order valence-corrected chi connectivity index (χ0v) is 15.2. The standard InChI is InChI=1S/C19H15NO4S2/c21-17(22)12-24-15-8-4-7-14(9-15)10-16-18(23)20(19(25)26-16)11-13-5-2-1-3-6-13/h1-10H,11-12H2,(H,21,22)/p-1/b16-10-. The Bertz CT molecular complexity index is 880. The van der Waals surface area contributed by atoms with E-state index in [4.69, 9.17) is 17.0 Å². The lowest BCUT2D eigenvalue weighted by Gasteiger charge is -2.14. The van der Waals surface area contributed by atoms with Gasteiger partial charge in [-0.3, -0.25) is 9.69 Å². The molecule has 1 aliphatic heterocycles. The maximum absolute atomic E-state index is 12.7. The SMILES string of the molecule is O=C([O-])COc1cccc(/C=C2\SC(=S)N(Cc3ccccc3)C2=O)c1. The summed E-state index contributed by atoms with van der Waals surface area (Å²) in [5.74, 6) is -1.05. The monoisotopic (exact) mass is 384 g/mol. The van der Waals surface area contributed by atoms with Gasteiger partial charge in [-0.2, -0.15) is 0 Å². The average Bonchev–Trinajstić information content (AvgIpc) is 2.89. The van der Waals surface area contributed by atoms with Crippen molar-refractivity contribution in [1.82, 2.24) is 4.90 Å². The topological polar surface area (TPSA) is 69.7 Å². The van der Waals surface area contributed by atoms with E-state index in [0.29, 0.717) is 21.5 Å². The number of benzene rings is 2. The number of carboxylic acid groups (broad SMARTS) is 1. The van der Waals surface area contributed by atoms with E-state index in [9.17, 15) is 14.7 Å². The number of rotatable bonds is 6. The number of thioether (sulfide) groups is 1.